The Balaban J connectivity index is 1.33. The largest absolute Gasteiger partial charge is 0.481 e. The van der Waals surface area contributed by atoms with Crippen LogP contribution in [-0.2, 0) is 19.6 Å². The van der Waals surface area contributed by atoms with Crippen LogP contribution in [0.2, 0.25) is 0 Å². The summed E-state index contributed by atoms with van der Waals surface area (Å²) in [5, 5.41) is 13.5. The van der Waals surface area contributed by atoms with Gasteiger partial charge in [-0.2, -0.15) is 4.31 Å². The van der Waals surface area contributed by atoms with Gasteiger partial charge in [-0.1, -0.05) is 49.2 Å². The molecule has 2 amide bonds. The lowest BCUT2D eigenvalue weighted by Crippen LogP contribution is -2.58. The number of pyridine rings is 1. The number of aliphatic hydroxyl groups is 1. The first-order chi connectivity index (χ1) is 21.4. The number of carbonyl (C=O) groups is 2. The van der Waals surface area contributed by atoms with Crippen LogP contribution in [-0.4, -0.2) is 89.7 Å². The van der Waals surface area contributed by atoms with Gasteiger partial charge in [-0.05, 0) is 56.9 Å². The minimum Gasteiger partial charge on any atom is -0.481 e. The first-order valence-electron chi connectivity index (χ1n) is 15.2. The zero-order valence-corrected chi connectivity index (χ0v) is 27.7. The van der Waals surface area contributed by atoms with E-state index in [2.05, 4.69) is 15.3 Å². The average Bonchev–Trinajstić information content (AvgIpc) is 3.67. The fourth-order valence-electron chi connectivity index (χ4n) is 5.94. The van der Waals surface area contributed by atoms with Crippen LogP contribution in [0.25, 0.3) is 10.3 Å². The molecule has 3 heterocycles. The van der Waals surface area contributed by atoms with Crippen molar-refractivity contribution in [2.75, 3.05) is 38.7 Å². The lowest BCUT2D eigenvalue weighted by Gasteiger charge is -2.40. The molecule has 2 atom stereocenters. The van der Waals surface area contributed by atoms with Crippen molar-refractivity contribution in [3.8, 4) is 5.88 Å². The van der Waals surface area contributed by atoms with Gasteiger partial charge in [0, 0.05) is 25.7 Å². The van der Waals surface area contributed by atoms with Gasteiger partial charge < -0.3 is 24.8 Å². The van der Waals surface area contributed by atoms with E-state index in [9.17, 15) is 23.1 Å². The van der Waals surface area contributed by atoms with E-state index in [4.69, 9.17) is 9.47 Å². The Kier molecular flexibility index (Phi) is 9.97. The molecule has 3 aromatic rings. The molecule has 244 valence electrons. The zero-order chi connectivity index (χ0) is 32.4. The van der Waals surface area contributed by atoms with Crippen LogP contribution in [0.15, 0.2) is 41.3 Å². The van der Waals surface area contributed by atoms with Crippen LogP contribution in [0.5, 0.6) is 5.88 Å². The van der Waals surface area contributed by atoms with E-state index in [1.165, 1.54) is 32.7 Å². The molecule has 1 aromatic carbocycles. The summed E-state index contributed by atoms with van der Waals surface area (Å²) < 4.78 is 39.3. The summed E-state index contributed by atoms with van der Waals surface area (Å²) in [6.45, 7) is 5.00. The highest BCUT2D eigenvalue weighted by Gasteiger charge is 2.38. The molecule has 5 rings (SSSR count). The summed E-state index contributed by atoms with van der Waals surface area (Å²) >= 11 is 1.27. The average molecular weight is 660 g/mol. The second kappa shape index (κ2) is 13.6. The van der Waals surface area contributed by atoms with Crippen molar-refractivity contribution in [3.63, 3.8) is 0 Å². The fourth-order valence-corrected chi connectivity index (χ4v) is 8.37. The van der Waals surface area contributed by atoms with Gasteiger partial charge in [-0.25, -0.2) is 23.2 Å². The van der Waals surface area contributed by atoms with Gasteiger partial charge in [0.1, 0.15) is 15.9 Å². The molecule has 1 saturated carbocycles. The molecule has 2 aliphatic rings. The number of methoxy groups -OCH3 is 1. The van der Waals surface area contributed by atoms with Gasteiger partial charge in [-0.15, -0.1) is 0 Å². The molecular weight excluding hydrogens is 619 g/mol. The zero-order valence-electron chi connectivity index (χ0n) is 26.1. The van der Waals surface area contributed by atoms with Crippen LogP contribution < -0.4 is 10.1 Å². The third-order valence-electron chi connectivity index (χ3n) is 8.21. The van der Waals surface area contributed by atoms with Crippen LogP contribution in [0.4, 0.5) is 9.93 Å². The molecule has 2 fully saturated rings. The third kappa shape index (κ3) is 7.74. The monoisotopic (exact) mass is 659 g/mol. The Hall–Kier alpha value is -3.33. The normalized spacial score (nSPS) is 19.0. The second-order valence-electron chi connectivity index (χ2n) is 12.6. The van der Waals surface area contributed by atoms with E-state index < -0.39 is 40.3 Å². The van der Waals surface area contributed by atoms with Crippen molar-refractivity contribution in [1.29, 1.82) is 0 Å². The van der Waals surface area contributed by atoms with Crippen LogP contribution >= 0.6 is 11.3 Å². The number of rotatable bonds is 9. The molecule has 0 radical (unpaired) electrons. The van der Waals surface area contributed by atoms with E-state index in [1.54, 1.807) is 52.1 Å². The number of piperazine rings is 1. The summed E-state index contributed by atoms with van der Waals surface area (Å²) in [7, 11) is -2.45. The maximum absolute atomic E-state index is 13.7. The summed E-state index contributed by atoms with van der Waals surface area (Å²) in [6, 6.07) is 9.12. The van der Waals surface area contributed by atoms with Crippen molar-refractivity contribution in [3.05, 3.63) is 42.0 Å². The molecule has 0 spiro atoms. The number of hydrogen-bond donors (Lipinski definition) is 2. The third-order valence-corrected chi connectivity index (χ3v) is 11.1. The molecule has 2 unspecified atom stereocenters. The van der Waals surface area contributed by atoms with Crippen molar-refractivity contribution in [1.82, 2.24) is 19.2 Å². The highest BCUT2D eigenvalue weighted by Crippen LogP contribution is 2.36. The number of amides is 2. The van der Waals surface area contributed by atoms with Crippen LogP contribution in [0.1, 0.15) is 64.4 Å². The van der Waals surface area contributed by atoms with E-state index in [-0.39, 0.29) is 30.4 Å². The number of carbonyl (C=O) groups excluding carboxylic acids is 2. The molecule has 2 N–H and O–H groups in total. The Morgan fingerprint density at radius 1 is 1.09 bits per heavy atom. The number of ether oxygens (including phenoxy) is 2. The van der Waals surface area contributed by atoms with Crippen molar-refractivity contribution >= 4 is 48.8 Å². The molecule has 1 saturated heterocycles. The van der Waals surface area contributed by atoms with Crippen molar-refractivity contribution in [2.24, 2.45) is 5.92 Å². The topological polar surface area (TPSA) is 151 Å². The highest BCUT2D eigenvalue weighted by atomic mass is 32.2. The summed E-state index contributed by atoms with van der Waals surface area (Å²) in [6.07, 6.45) is 4.48. The Bertz CT molecular complexity index is 1620. The second-order valence-corrected chi connectivity index (χ2v) is 15.4. The highest BCUT2D eigenvalue weighted by molar-refractivity contribution is 7.89. The minimum absolute atomic E-state index is 0.0143. The predicted octanol–water partition coefficient (Wildman–Crippen LogP) is 4.60. The van der Waals surface area contributed by atoms with Gasteiger partial charge in [0.05, 0.1) is 30.6 Å². The number of aromatic nitrogens is 2. The molecule has 1 aliphatic heterocycles. The number of thiazole rings is 1. The number of benzene rings is 1. The lowest BCUT2D eigenvalue weighted by molar-refractivity contribution is -0.118. The van der Waals surface area contributed by atoms with Gasteiger partial charge in [-0.3, -0.25) is 4.79 Å². The maximum atomic E-state index is 13.7. The number of nitrogens with zero attached hydrogens (tertiary/aromatic N) is 4. The molecule has 1 aliphatic carbocycles. The van der Waals surface area contributed by atoms with Gasteiger partial charge >= 0.3 is 6.09 Å². The number of aliphatic hydroxyl groups excluding tert-OH is 1. The number of fused-ring (bicyclic) bond motifs is 1. The van der Waals surface area contributed by atoms with Crippen LogP contribution in [0.3, 0.4) is 0 Å². The number of sulfonamides is 1. The molecule has 0 bridgehead atoms. The minimum atomic E-state index is -3.99. The quantitative estimate of drug-likeness (QED) is 0.336. The van der Waals surface area contributed by atoms with E-state index in [0.717, 1.165) is 25.7 Å². The molecule has 14 heteroatoms. The van der Waals surface area contributed by atoms with Crippen molar-refractivity contribution in [2.45, 2.75) is 75.3 Å². The lowest BCUT2D eigenvalue weighted by atomic mass is 9.87. The smallest absolute Gasteiger partial charge is 0.410 e. The SMILES string of the molecule is COc1ccc2nc(NC(=O)C(CC3CCCC3)c3ccc(S(=O)(=O)N4CCN(C(=O)OC(C)(C)C)CC4CO)cc3)sc2n1. The van der Waals surface area contributed by atoms with E-state index >= 15 is 0 Å². The van der Waals surface area contributed by atoms with E-state index in [0.29, 0.717) is 39.3 Å². The molecule has 45 heavy (non-hydrogen) atoms. The van der Waals surface area contributed by atoms with E-state index in [1.807, 2.05) is 0 Å². The molecule has 2 aromatic heterocycles. The molecular formula is C31H41N5O7S2. The summed E-state index contributed by atoms with van der Waals surface area (Å²) in [5.74, 6) is 0.162. The predicted molar refractivity (Wildman–Crippen MR) is 171 cm³/mol. The Labute approximate surface area is 267 Å². The van der Waals surface area contributed by atoms with Gasteiger partial charge in [0.2, 0.25) is 21.8 Å². The Morgan fingerprint density at radius 3 is 2.44 bits per heavy atom. The summed E-state index contributed by atoms with van der Waals surface area (Å²) in [5.41, 5.74) is 0.682. The van der Waals surface area contributed by atoms with Gasteiger partial charge in [0.25, 0.3) is 0 Å². The molecule has 12 nitrogen and oxygen atoms in total. The first-order valence-corrected chi connectivity index (χ1v) is 17.5. The van der Waals surface area contributed by atoms with Crippen LogP contribution in [0, 0.1) is 5.92 Å². The van der Waals surface area contributed by atoms with Gasteiger partial charge in [0.15, 0.2) is 5.13 Å². The summed E-state index contributed by atoms with van der Waals surface area (Å²) in [4.78, 5) is 37.3. The number of anilines is 1. The standard InChI is InChI=1S/C31H41N5O7S2/c1-31(2,3)43-30(39)35-15-16-36(22(18-35)19-37)45(40,41)23-11-9-21(10-12-23)24(17-20-7-5-6-8-20)27(38)34-29-32-25-13-14-26(42-4)33-28(25)44-29/h9-14,20,22,24,37H,5-8,15-19H2,1-4H3,(H,32,34,38). The number of nitrogens with one attached hydrogen (secondary N) is 1. The fraction of sp³-hybridized carbons (Fsp3) is 0.548. The number of hydrogen-bond acceptors (Lipinski definition) is 10. The first kappa shape index (κ1) is 33.0. The Morgan fingerprint density at radius 2 is 1.80 bits per heavy atom. The maximum Gasteiger partial charge on any atom is 0.410 e. The van der Waals surface area contributed by atoms with Crippen molar-refractivity contribution < 1.29 is 32.6 Å².